The van der Waals surface area contributed by atoms with Gasteiger partial charge in [-0.2, -0.15) is 0 Å². The van der Waals surface area contributed by atoms with Gasteiger partial charge in [-0.1, -0.05) is 11.6 Å². The molecule has 1 N–H and O–H groups in total. The SMILES string of the molecule is CC1=CC[C@H]([C@@]2(C)C[C@H](O)CC(C)(C)O2)CC1. The smallest absolute Gasteiger partial charge is 0.0717 e. The molecule has 0 unspecified atom stereocenters. The molecule has 2 heteroatoms. The van der Waals surface area contributed by atoms with E-state index in [0.717, 1.165) is 19.3 Å². The van der Waals surface area contributed by atoms with Crippen LogP contribution in [-0.2, 0) is 4.74 Å². The number of ether oxygens (including phenoxy) is 1. The average molecular weight is 238 g/mol. The van der Waals surface area contributed by atoms with Crippen molar-refractivity contribution in [1.82, 2.24) is 0 Å². The maximum Gasteiger partial charge on any atom is 0.0717 e. The Morgan fingerprint density at radius 2 is 2.00 bits per heavy atom. The van der Waals surface area contributed by atoms with Crippen LogP contribution in [0.1, 0.15) is 59.8 Å². The molecule has 0 radical (unpaired) electrons. The third-order valence-electron chi connectivity index (χ3n) is 4.38. The highest BCUT2D eigenvalue weighted by molar-refractivity contribution is 5.07. The largest absolute Gasteiger partial charge is 0.393 e. The van der Waals surface area contributed by atoms with Gasteiger partial charge >= 0.3 is 0 Å². The van der Waals surface area contributed by atoms with Crippen LogP contribution >= 0.6 is 0 Å². The predicted molar refractivity (Wildman–Crippen MR) is 69.9 cm³/mol. The molecule has 98 valence electrons. The van der Waals surface area contributed by atoms with E-state index in [2.05, 4.69) is 33.8 Å². The second-order valence-corrected chi connectivity index (χ2v) is 6.76. The van der Waals surface area contributed by atoms with Gasteiger partial charge in [0.25, 0.3) is 0 Å². The summed E-state index contributed by atoms with van der Waals surface area (Å²) in [4.78, 5) is 0. The summed E-state index contributed by atoms with van der Waals surface area (Å²) in [6, 6.07) is 0. The fourth-order valence-electron chi connectivity index (χ4n) is 3.59. The monoisotopic (exact) mass is 238 g/mol. The lowest BCUT2D eigenvalue weighted by Crippen LogP contribution is -2.53. The van der Waals surface area contributed by atoms with Crippen molar-refractivity contribution in [2.75, 3.05) is 0 Å². The van der Waals surface area contributed by atoms with E-state index in [-0.39, 0.29) is 17.3 Å². The van der Waals surface area contributed by atoms with E-state index in [1.54, 1.807) is 0 Å². The molecular weight excluding hydrogens is 212 g/mol. The maximum atomic E-state index is 10.1. The minimum absolute atomic E-state index is 0.154. The van der Waals surface area contributed by atoms with E-state index in [1.165, 1.54) is 18.4 Å². The maximum absolute atomic E-state index is 10.1. The van der Waals surface area contributed by atoms with Crippen molar-refractivity contribution in [1.29, 1.82) is 0 Å². The second kappa shape index (κ2) is 4.40. The van der Waals surface area contributed by atoms with Gasteiger partial charge in [0.2, 0.25) is 0 Å². The topological polar surface area (TPSA) is 29.5 Å². The van der Waals surface area contributed by atoms with Gasteiger partial charge in [-0.15, -0.1) is 0 Å². The number of allylic oxidation sites excluding steroid dienone is 2. The molecule has 2 aliphatic rings. The molecular formula is C15H26O2. The zero-order valence-electron chi connectivity index (χ0n) is 11.6. The van der Waals surface area contributed by atoms with Crippen LogP contribution in [0, 0.1) is 5.92 Å². The molecule has 0 aromatic rings. The summed E-state index contributed by atoms with van der Waals surface area (Å²) < 4.78 is 6.32. The van der Waals surface area contributed by atoms with Crippen LogP contribution < -0.4 is 0 Å². The average Bonchev–Trinajstić information content (AvgIpc) is 2.14. The van der Waals surface area contributed by atoms with Crippen molar-refractivity contribution in [3.05, 3.63) is 11.6 Å². The van der Waals surface area contributed by atoms with Crippen molar-refractivity contribution in [3.8, 4) is 0 Å². The van der Waals surface area contributed by atoms with E-state index in [4.69, 9.17) is 4.74 Å². The molecule has 2 nitrogen and oxygen atoms in total. The molecule has 0 aromatic heterocycles. The van der Waals surface area contributed by atoms with Crippen LogP contribution in [0.5, 0.6) is 0 Å². The van der Waals surface area contributed by atoms with Crippen molar-refractivity contribution < 1.29 is 9.84 Å². The molecule has 1 heterocycles. The molecule has 0 amide bonds. The Kier molecular flexibility index (Phi) is 3.39. The van der Waals surface area contributed by atoms with Crippen LogP contribution in [0.3, 0.4) is 0 Å². The molecule has 1 saturated heterocycles. The first kappa shape index (κ1) is 13.1. The summed E-state index contributed by atoms with van der Waals surface area (Å²) in [6.07, 6.45) is 7.15. The van der Waals surface area contributed by atoms with E-state index in [0.29, 0.717) is 5.92 Å². The number of hydrogen-bond acceptors (Lipinski definition) is 2. The molecule has 2 rings (SSSR count). The Hall–Kier alpha value is -0.340. The zero-order chi connectivity index (χ0) is 12.7. The van der Waals surface area contributed by atoms with Gasteiger partial charge in [0.1, 0.15) is 0 Å². The fourth-order valence-corrected chi connectivity index (χ4v) is 3.59. The van der Waals surface area contributed by atoms with Crippen molar-refractivity contribution in [2.45, 2.75) is 77.1 Å². The Labute approximate surface area is 105 Å². The highest BCUT2D eigenvalue weighted by Crippen LogP contribution is 2.44. The van der Waals surface area contributed by atoms with E-state index < -0.39 is 0 Å². The molecule has 0 saturated carbocycles. The van der Waals surface area contributed by atoms with E-state index >= 15 is 0 Å². The quantitative estimate of drug-likeness (QED) is 0.709. The molecule has 17 heavy (non-hydrogen) atoms. The number of aliphatic hydroxyl groups excluding tert-OH is 1. The van der Waals surface area contributed by atoms with Gasteiger partial charge in [-0.05, 0) is 52.9 Å². The Morgan fingerprint density at radius 1 is 1.29 bits per heavy atom. The van der Waals surface area contributed by atoms with Gasteiger partial charge in [-0.25, -0.2) is 0 Å². The molecule has 1 aliphatic heterocycles. The normalized spacial score (nSPS) is 42.1. The Balaban J connectivity index is 2.12. The van der Waals surface area contributed by atoms with Gasteiger partial charge in [0, 0.05) is 12.8 Å². The van der Waals surface area contributed by atoms with Crippen molar-refractivity contribution in [3.63, 3.8) is 0 Å². The fraction of sp³-hybridized carbons (Fsp3) is 0.867. The van der Waals surface area contributed by atoms with Crippen LogP contribution in [0.2, 0.25) is 0 Å². The third kappa shape index (κ3) is 2.92. The first-order valence-corrected chi connectivity index (χ1v) is 6.85. The first-order chi connectivity index (χ1) is 7.81. The number of rotatable bonds is 1. The van der Waals surface area contributed by atoms with E-state index in [9.17, 15) is 5.11 Å². The van der Waals surface area contributed by atoms with Gasteiger partial charge < -0.3 is 9.84 Å². The summed E-state index contributed by atoms with van der Waals surface area (Å²) in [5, 5.41) is 10.1. The van der Waals surface area contributed by atoms with E-state index in [1.807, 2.05) is 0 Å². The lowest BCUT2D eigenvalue weighted by molar-refractivity contribution is -0.217. The van der Waals surface area contributed by atoms with Crippen molar-refractivity contribution in [2.24, 2.45) is 5.92 Å². The van der Waals surface area contributed by atoms with Crippen LogP contribution in [-0.4, -0.2) is 22.4 Å². The molecule has 0 aromatic carbocycles. The summed E-state index contributed by atoms with van der Waals surface area (Å²) in [7, 11) is 0. The summed E-state index contributed by atoms with van der Waals surface area (Å²) >= 11 is 0. The summed E-state index contributed by atoms with van der Waals surface area (Å²) in [5.74, 6) is 0.556. The molecule has 3 atom stereocenters. The predicted octanol–water partition coefficient (Wildman–Crippen LogP) is 3.44. The Bertz CT molecular complexity index is 319. The highest BCUT2D eigenvalue weighted by atomic mass is 16.5. The van der Waals surface area contributed by atoms with Gasteiger partial charge in [0.15, 0.2) is 0 Å². The van der Waals surface area contributed by atoms with Gasteiger partial charge in [-0.3, -0.25) is 0 Å². The summed E-state index contributed by atoms with van der Waals surface area (Å²) in [6.45, 7) is 8.59. The Morgan fingerprint density at radius 3 is 2.53 bits per heavy atom. The standard InChI is InChI=1S/C15H26O2/c1-11-5-7-12(8-6-11)15(4)10-13(16)9-14(2,3)17-15/h5,12-13,16H,6-10H2,1-4H3/t12-,13+,15+/m0/s1. The zero-order valence-corrected chi connectivity index (χ0v) is 11.6. The van der Waals surface area contributed by atoms with Crippen LogP contribution in [0.4, 0.5) is 0 Å². The number of hydrogen-bond donors (Lipinski definition) is 1. The first-order valence-electron chi connectivity index (χ1n) is 6.85. The molecule has 1 fully saturated rings. The molecule has 0 bridgehead atoms. The molecule has 0 spiro atoms. The third-order valence-corrected chi connectivity index (χ3v) is 4.38. The van der Waals surface area contributed by atoms with Gasteiger partial charge in [0.05, 0.1) is 17.3 Å². The molecule has 1 aliphatic carbocycles. The van der Waals surface area contributed by atoms with Crippen LogP contribution in [0.25, 0.3) is 0 Å². The van der Waals surface area contributed by atoms with Crippen molar-refractivity contribution >= 4 is 0 Å². The number of aliphatic hydroxyl groups is 1. The lowest BCUT2D eigenvalue weighted by atomic mass is 9.73. The summed E-state index contributed by atoms with van der Waals surface area (Å²) in [5.41, 5.74) is 1.15. The minimum Gasteiger partial charge on any atom is -0.393 e. The second-order valence-electron chi connectivity index (χ2n) is 6.76. The highest BCUT2D eigenvalue weighted by Gasteiger charge is 2.45. The lowest BCUT2D eigenvalue weighted by Gasteiger charge is -2.50. The minimum atomic E-state index is -0.212. The van der Waals surface area contributed by atoms with Crippen LogP contribution in [0.15, 0.2) is 11.6 Å².